The number of carboxylic acids is 1. The molecule has 0 bridgehead atoms. The summed E-state index contributed by atoms with van der Waals surface area (Å²) in [6.45, 7) is 0. The van der Waals surface area contributed by atoms with Crippen LogP contribution in [-0.2, 0) is 32.1 Å². The SMILES string of the molecule is CO/N=C(/C(=O)N[C@@H]1C(=O)N2C(C(=O)[O-])=C([n+]3cccc4c3CCCC4)CC[C@H]12)c1csc(N)n1. The molecule has 35 heavy (non-hydrogen) atoms. The molecule has 12 heteroatoms. The molecular weight excluding hydrogens is 472 g/mol. The number of pyridine rings is 1. The predicted octanol–water partition coefficient (Wildman–Crippen LogP) is -0.650. The molecule has 1 fully saturated rings. The van der Waals surface area contributed by atoms with E-state index in [1.807, 2.05) is 16.8 Å². The number of nitrogens with two attached hydrogens (primary N) is 1. The number of aryl methyl sites for hydroxylation is 1. The Bertz CT molecular complexity index is 1280. The number of nitrogen functional groups attached to an aromatic ring is 1. The molecule has 11 nitrogen and oxygen atoms in total. The summed E-state index contributed by atoms with van der Waals surface area (Å²) in [5.41, 5.74) is 8.43. The lowest BCUT2D eigenvalue weighted by Gasteiger charge is -2.50. The summed E-state index contributed by atoms with van der Waals surface area (Å²) in [6, 6.07) is 2.56. The van der Waals surface area contributed by atoms with Gasteiger partial charge in [-0.25, -0.2) is 4.98 Å². The summed E-state index contributed by atoms with van der Waals surface area (Å²) in [5, 5.41) is 20.4. The van der Waals surface area contributed by atoms with Crippen LogP contribution in [0.25, 0.3) is 5.70 Å². The number of amides is 2. The van der Waals surface area contributed by atoms with Crippen molar-refractivity contribution in [3.05, 3.63) is 46.4 Å². The molecule has 3 N–H and O–H groups in total. The molecule has 3 aliphatic rings. The van der Waals surface area contributed by atoms with E-state index in [4.69, 9.17) is 10.6 Å². The number of oxime groups is 1. The van der Waals surface area contributed by atoms with Gasteiger partial charge in [-0.2, -0.15) is 4.57 Å². The number of aromatic nitrogens is 2. The normalized spacial score (nSPS) is 21.7. The van der Waals surface area contributed by atoms with Gasteiger partial charge in [0.1, 0.15) is 24.5 Å². The maximum atomic E-state index is 13.1. The van der Waals surface area contributed by atoms with Crippen molar-refractivity contribution in [1.29, 1.82) is 0 Å². The molecule has 2 aromatic heterocycles. The van der Waals surface area contributed by atoms with E-state index in [0.29, 0.717) is 18.5 Å². The lowest BCUT2D eigenvalue weighted by atomic mass is 9.84. The van der Waals surface area contributed by atoms with Crippen molar-refractivity contribution in [3.8, 4) is 0 Å². The third-order valence-corrected chi connectivity index (χ3v) is 7.32. The third kappa shape index (κ3) is 3.93. The minimum Gasteiger partial charge on any atom is -0.543 e. The highest BCUT2D eigenvalue weighted by Crippen LogP contribution is 2.37. The largest absolute Gasteiger partial charge is 0.543 e. The lowest BCUT2D eigenvalue weighted by molar-refractivity contribution is -0.595. The Morgan fingerprint density at radius 1 is 1.34 bits per heavy atom. The van der Waals surface area contributed by atoms with Crippen molar-refractivity contribution < 1.29 is 28.9 Å². The first-order chi connectivity index (χ1) is 16.9. The van der Waals surface area contributed by atoms with Crippen LogP contribution in [-0.4, -0.2) is 52.6 Å². The highest BCUT2D eigenvalue weighted by molar-refractivity contribution is 7.13. The van der Waals surface area contributed by atoms with Crippen molar-refractivity contribution in [2.75, 3.05) is 12.8 Å². The molecule has 4 heterocycles. The molecule has 2 aromatic rings. The van der Waals surface area contributed by atoms with Gasteiger partial charge in [0.25, 0.3) is 11.8 Å². The Kier molecular flexibility index (Phi) is 5.97. The van der Waals surface area contributed by atoms with Crippen LogP contribution >= 0.6 is 11.3 Å². The highest BCUT2D eigenvalue weighted by atomic mass is 32.1. The smallest absolute Gasteiger partial charge is 0.276 e. The molecule has 182 valence electrons. The van der Waals surface area contributed by atoms with Crippen LogP contribution in [0.1, 0.15) is 42.6 Å². The van der Waals surface area contributed by atoms with Crippen LogP contribution in [0.3, 0.4) is 0 Å². The van der Waals surface area contributed by atoms with Gasteiger partial charge in [-0.3, -0.25) is 14.5 Å². The molecule has 0 saturated carbocycles. The minimum atomic E-state index is -1.41. The van der Waals surface area contributed by atoms with Gasteiger partial charge in [-0.1, -0.05) is 5.16 Å². The Morgan fingerprint density at radius 2 is 2.14 bits per heavy atom. The molecule has 2 amide bonds. The average molecular weight is 497 g/mol. The summed E-state index contributed by atoms with van der Waals surface area (Å²) in [7, 11) is 1.29. The summed E-state index contributed by atoms with van der Waals surface area (Å²) in [6.07, 6.45) is 6.67. The fourth-order valence-electron chi connectivity index (χ4n) is 5.12. The number of carbonyl (C=O) groups is 3. The van der Waals surface area contributed by atoms with E-state index in [1.54, 1.807) is 5.38 Å². The second-order valence-electron chi connectivity index (χ2n) is 8.60. The van der Waals surface area contributed by atoms with Gasteiger partial charge in [0.15, 0.2) is 22.7 Å². The van der Waals surface area contributed by atoms with E-state index in [0.717, 1.165) is 42.7 Å². The molecular formula is C23H24N6O5S. The van der Waals surface area contributed by atoms with Crippen molar-refractivity contribution in [1.82, 2.24) is 15.2 Å². The zero-order valence-corrected chi connectivity index (χ0v) is 19.8. The molecule has 0 unspecified atom stereocenters. The number of β-lactam (4-membered cyclic amide) rings is 1. The highest BCUT2D eigenvalue weighted by Gasteiger charge is 2.54. The predicted molar refractivity (Wildman–Crippen MR) is 123 cm³/mol. The fraction of sp³-hybridized carbons (Fsp3) is 0.391. The number of carboxylic acid groups (broad SMARTS) is 1. The van der Waals surface area contributed by atoms with E-state index < -0.39 is 29.9 Å². The molecule has 2 atom stereocenters. The van der Waals surface area contributed by atoms with Gasteiger partial charge in [-0.15, -0.1) is 11.3 Å². The summed E-state index contributed by atoms with van der Waals surface area (Å²) in [4.78, 5) is 48.3. The number of allylic oxidation sites excluding steroid dienone is 1. The first kappa shape index (κ1) is 23.0. The van der Waals surface area contributed by atoms with E-state index in [1.165, 1.54) is 17.6 Å². The number of fused-ring (bicyclic) bond motifs is 2. The van der Waals surface area contributed by atoms with Crippen LogP contribution in [0.5, 0.6) is 0 Å². The third-order valence-electron chi connectivity index (χ3n) is 6.65. The molecule has 1 saturated heterocycles. The molecule has 1 aliphatic carbocycles. The Morgan fingerprint density at radius 3 is 2.86 bits per heavy atom. The maximum Gasteiger partial charge on any atom is 0.276 e. The van der Waals surface area contributed by atoms with Crippen molar-refractivity contribution >= 4 is 45.7 Å². The van der Waals surface area contributed by atoms with E-state index in [2.05, 4.69) is 21.5 Å². The van der Waals surface area contributed by atoms with Gasteiger partial charge in [-0.05, 0) is 31.7 Å². The number of anilines is 1. The van der Waals surface area contributed by atoms with Crippen molar-refractivity contribution in [3.63, 3.8) is 0 Å². The van der Waals surface area contributed by atoms with E-state index in [-0.39, 0.29) is 22.2 Å². The first-order valence-electron chi connectivity index (χ1n) is 11.3. The number of aliphatic carboxylic acids is 1. The monoisotopic (exact) mass is 496 g/mol. The molecule has 0 radical (unpaired) electrons. The number of hydrogen-bond donors (Lipinski definition) is 2. The van der Waals surface area contributed by atoms with Gasteiger partial charge in [0.2, 0.25) is 5.70 Å². The van der Waals surface area contributed by atoms with Gasteiger partial charge >= 0.3 is 0 Å². The molecule has 0 spiro atoms. The number of nitrogens with zero attached hydrogens (tertiary/aromatic N) is 4. The second kappa shape index (κ2) is 9.10. The maximum absolute atomic E-state index is 13.1. The number of rotatable bonds is 6. The van der Waals surface area contributed by atoms with E-state index in [9.17, 15) is 19.5 Å². The zero-order valence-electron chi connectivity index (χ0n) is 19.0. The summed E-state index contributed by atoms with van der Waals surface area (Å²) < 4.78 is 1.91. The van der Waals surface area contributed by atoms with Gasteiger partial charge in [0.05, 0.1) is 12.0 Å². The van der Waals surface area contributed by atoms with Crippen LogP contribution in [0, 0.1) is 0 Å². The Labute approximate surface area is 204 Å². The Hall–Kier alpha value is -3.80. The van der Waals surface area contributed by atoms with Crippen molar-refractivity contribution in [2.24, 2.45) is 5.16 Å². The molecule has 0 aromatic carbocycles. The van der Waals surface area contributed by atoms with Gasteiger partial charge < -0.3 is 25.8 Å². The van der Waals surface area contributed by atoms with E-state index >= 15 is 0 Å². The lowest BCUT2D eigenvalue weighted by Crippen LogP contribution is -2.73. The van der Waals surface area contributed by atoms with Crippen molar-refractivity contribution in [2.45, 2.75) is 50.6 Å². The second-order valence-corrected chi connectivity index (χ2v) is 9.49. The van der Waals surface area contributed by atoms with Crippen LogP contribution < -0.4 is 20.7 Å². The summed E-state index contributed by atoms with van der Waals surface area (Å²) >= 11 is 1.14. The van der Waals surface area contributed by atoms with Crippen LogP contribution in [0.15, 0.2) is 34.6 Å². The average Bonchev–Trinajstić information content (AvgIpc) is 3.29. The standard InChI is InChI=1S/C23H24N6O5S/c1-34-27-17(13-11-35-23(24)25-13)20(30)26-18-15-8-9-16(19(22(32)33)29(15)21(18)31)28-10-4-6-12-5-2-3-7-14(12)28/h4,6,10-11,15,18H,2-3,5,7-9H2,1H3,(H3-,24,25,26,30,32,33)/b27-17+/t15-,18+/m1/s1. The van der Waals surface area contributed by atoms with Gasteiger partial charge in [0, 0.05) is 29.9 Å². The summed E-state index contributed by atoms with van der Waals surface area (Å²) in [5.74, 6) is -2.59. The van der Waals surface area contributed by atoms with Crippen LogP contribution in [0.4, 0.5) is 5.13 Å². The zero-order chi connectivity index (χ0) is 24.7. The quantitative estimate of drug-likeness (QED) is 0.233. The topological polar surface area (TPSA) is 154 Å². The fourth-order valence-corrected chi connectivity index (χ4v) is 5.67. The minimum absolute atomic E-state index is 0.120. The Balaban J connectivity index is 1.42. The first-order valence-corrected chi connectivity index (χ1v) is 12.2. The molecule has 2 aliphatic heterocycles. The van der Waals surface area contributed by atoms with Crippen LogP contribution in [0.2, 0.25) is 0 Å². The number of carbonyl (C=O) groups excluding carboxylic acids is 3. The number of nitrogens with one attached hydrogen (secondary N) is 1. The molecule has 5 rings (SSSR count). The number of hydrogen-bond acceptors (Lipinski definition) is 9. The number of thiazole rings is 1.